The van der Waals surface area contributed by atoms with Crippen LogP contribution < -0.4 is 10.1 Å². The maximum Gasteiger partial charge on any atom is 0.160 e. The minimum Gasteiger partial charge on any atom is -0.504 e. The van der Waals surface area contributed by atoms with Crippen molar-refractivity contribution in [2.75, 3.05) is 12.4 Å². The molecule has 0 aliphatic rings. The average Bonchev–Trinajstić information content (AvgIpc) is 2.38. The van der Waals surface area contributed by atoms with Crippen LogP contribution in [-0.4, -0.2) is 12.2 Å². The molecule has 0 aromatic heterocycles. The first-order valence-corrected chi connectivity index (χ1v) is 5.93. The summed E-state index contributed by atoms with van der Waals surface area (Å²) in [5.74, 6) is 0.604. The molecule has 18 heavy (non-hydrogen) atoms. The maximum absolute atomic E-state index is 9.66. The van der Waals surface area contributed by atoms with Gasteiger partial charge in [0.05, 0.1) is 17.8 Å². The number of ether oxygens (including phenoxy) is 1. The Morgan fingerprint density at radius 1 is 1.22 bits per heavy atom. The number of hydrogen-bond donors (Lipinski definition) is 2. The first-order valence-electron chi connectivity index (χ1n) is 5.55. The first-order chi connectivity index (χ1) is 8.70. The molecule has 0 aliphatic heterocycles. The summed E-state index contributed by atoms with van der Waals surface area (Å²) in [4.78, 5) is 0. The monoisotopic (exact) mass is 263 g/mol. The van der Waals surface area contributed by atoms with Gasteiger partial charge in [-0.2, -0.15) is 0 Å². The minimum absolute atomic E-state index is 0.135. The number of methoxy groups -OCH3 is 1. The summed E-state index contributed by atoms with van der Waals surface area (Å²) in [6, 6.07) is 12.8. The van der Waals surface area contributed by atoms with E-state index in [0.717, 1.165) is 11.3 Å². The van der Waals surface area contributed by atoms with Gasteiger partial charge in [-0.05, 0) is 29.8 Å². The van der Waals surface area contributed by atoms with E-state index in [4.69, 9.17) is 16.3 Å². The number of para-hydroxylation sites is 1. The molecule has 2 rings (SSSR count). The van der Waals surface area contributed by atoms with Crippen LogP contribution in [0.1, 0.15) is 5.56 Å². The third kappa shape index (κ3) is 2.87. The number of phenols is 1. The van der Waals surface area contributed by atoms with Crippen molar-refractivity contribution in [3.8, 4) is 11.5 Å². The Kier molecular flexibility index (Phi) is 3.95. The van der Waals surface area contributed by atoms with Gasteiger partial charge in [-0.3, -0.25) is 0 Å². The third-order valence-corrected chi connectivity index (χ3v) is 2.93. The van der Waals surface area contributed by atoms with Gasteiger partial charge in [-0.15, -0.1) is 0 Å². The molecule has 0 bridgehead atoms. The third-order valence-electron chi connectivity index (χ3n) is 2.60. The highest BCUT2D eigenvalue weighted by Crippen LogP contribution is 2.27. The number of phenolic OH excluding ortho intramolecular Hbond substituents is 1. The van der Waals surface area contributed by atoms with Crippen LogP contribution in [-0.2, 0) is 6.54 Å². The van der Waals surface area contributed by atoms with Crippen LogP contribution in [0, 0.1) is 0 Å². The molecular weight excluding hydrogens is 250 g/mol. The van der Waals surface area contributed by atoms with E-state index in [2.05, 4.69) is 5.32 Å². The van der Waals surface area contributed by atoms with E-state index in [9.17, 15) is 5.11 Å². The summed E-state index contributed by atoms with van der Waals surface area (Å²) >= 11 is 6.04. The summed E-state index contributed by atoms with van der Waals surface area (Å²) in [6.45, 7) is 0.585. The van der Waals surface area contributed by atoms with Crippen LogP contribution in [0.3, 0.4) is 0 Å². The maximum atomic E-state index is 9.66. The normalized spacial score (nSPS) is 10.1. The SMILES string of the molecule is COc1ccc(CNc2ccccc2Cl)cc1O. The van der Waals surface area contributed by atoms with Gasteiger partial charge in [0.1, 0.15) is 0 Å². The van der Waals surface area contributed by atoms with Gasteiger partial charge in [-0.1, -0.05) is 29.8 Å². The van der Waals surface area contributed by atoms with Gasteiger partial charge < -0.3 is 15.2 Å². The van der Waals surface area contributed by atoms with E-state index in [1.807, 2.05) is 30.3 Å². The molecule has 4 heteroatoms. The van der Waals surface area contributed by atoms with Crippen molar-refractivity contribution < 1.29 is 9.84 Å². The Bertz CT molecular complexity index is 543. The molecule has 0 amide bonds. The van der Waals surface area contributed by atoms with Gasteiger partial charge in [0.15, 0.2) is 11.5 Å². The fraction of sp³-hybridized carbons (Fsp3) is 0.143. The zero-order chi connectivity index (χ0) is 13.0. The quantitative estimate of drug-likeness (QED) is 0.884. The molecule has 0 unspecified atom stereocenters. The number of nitrogens with one attached hydrogen (secondary N) is 1. The lowest BCUT2D eigenvalue weighted by molar-refractivity contribution is 0.373. The smallest absolute Gasteiger partial charge is 0.160 e. The molecule has 3 nitrogen and oxygen atoms in total. The summed E-state index contributed by atoms with van der Waals surface area (Å²) in [6.07, 6.45) is 0. The largest absolute Gasteiger partial charge is 0.504 e. The van der Waals surface area contributed by atoms with E-state index in [0.29, 0.717) is 17.3 Å². The Morgan fingerprint density at radius 3 is 2.67 bits per heavy atom. The minimum atomic E-state index is 0.135. The topological polar surface area (TPSA) is 41.5 Å². The van der Waals surface area contributed by atoms with Crippen LogP contribution in [0.25, 0.3) is 0 Å². The predicted octanol–water partition coefficient (Wildman–Crippen LogP) is 3.67. The number of hydrogen-bond acceptors (Lipinski definition) is 3. The Hall–Kier alpha value is -1.87. The molecule has 2 aromatic carbocycles. The zero-order valence-electron chi connectivity index (χ0n) is 9.98. The standard InChI is InChI=1S/C14H14ClNO2/c1-18-14-7-6-10(8-13(14)17)9-16-12-5-3-2-4-11(12)15/h2-8,16-17H,9H2,1H3. The molecule has 0 saturated heterocycles. The molecule has 0 saturated carbocycles. The predicted molar refractivity (Wildman–Crippen MR) is 73.4 cm³/mol. The number of benzene rings is 2. The average molecular weight is 264 g/mol. The first kappa shape index (κ1) is 12.6. The molecule has 0 atom stereocenters. The van der Waals surface area contributed by atoms with E-state index < -0.39 is 0 Å². The van der Waals surface area contributed by atoms with Gasteiger partial charge >= 0.3 is 0 Å². The van der Waals surface area contributed by atoms with Crippen molar-refractivity contribution >= 4 is 17.3 Å². The second-order valence-electron chi connectivity index (χ2n) is 3.84. The van der Waals surface area contributed by atoms with E-state index in [1.54, 1.807) is 12.1 Å². The molecule has 0 spiro atoms. The number of anilines is 1. The van der Waals surface area contributed by atoms with E-state index in [-0.39, 0.29) is 5.75 Å². The highest BCUT2D eigenvalue weighted by atomic mass is 35.5. The summed E-state index contributed by atoms with van der Waals surface area (Å²) in [5, 5.41) is 13.6. The van der Waals surface area contributed by atoms with Crippen LogP contribution >= 0.6 is 11.6 Å². The molecule has 0 aliphatic carbocycles. The van der Waals surface area contributed by atoms with Crippen molar-refractivity contribution in [2.45, 2.75) is 6.54 Å². The number of aromatic hydroxyl groups is 1. The van der Waals surface area contributed by atoms with Crippen molar-refractivity contribution in [2.24, 2.45) is 0 Å². The molecule has 94 valence electrons. The van der Waals surface area contributed by atoms with Crippen LogP contribution in [0.2, 0.25) is 5.02 Å². The lowest BCUT2D eigenvalue weighted by Gasteiger charge is -2.09. The highest BCUT2D eigenvalue weighted by Gasteiger charge is 2.03. The zero-order valence-corrected chi connectivity index (χ0v) is 10.7. The second kappa shape index (κ2) is 5.65. The van der Waals surface area contributed by atoms with Gasteiger partial charge in [0.2, 0.25) is 0 Å². The fourth-order valence-corrected chi connectivity index (χ4v) is 1.85. The second-order valence-corrected chi connectivity index (χ2v) is 4.25. The van der Waals surface area contributed by atoms with Crippen molar-refractivity contribution in [1.29, 1.82) is 0 Å². The Morgan fingerprint density at radius 2 is 2.00 bits per heavy atom. The van der Waals surface area contributed by atoms with Gasteiger partial charge in [-0.25, -0.2) is 0 Å². The summed E-state index contributed by atoms with van der Waals surface area (Å²) in [7, 11) is 1.52. The lowest BCUT2D eigenvalue weighted by atomic mass is 10.2. The fourth-order valence-electron chi connectivity index (χ4n) is 1.65. The Balaban J connectivity index is 2.07. The molecule has 0 fully saturated rings. The van der Waals surface area contributed by atoms with Crippen LogP contribution in [0.15, 0.2) is 42.5 Å². The molecule has 0 radical (unpaired) electrons. The van der Waals surface area contributed by atoms with Crippen LogP contribution in [0.5, 0.6) is 11.5 Å². The van der Waals surface area contributed by atoms with Gasteiger partial charge in [0, 0.05) is 6.54 Å². The van der Waals surface area contributed by atoms with Gasteiger partial charge in [0.25, 0.3) is 0 Å². The number of rotatable bonds is 4. The summed E-state index contributed by atoms with van der Waals surface area (Å²) in [5.41, 5.74) is 1.82. The van der Waals surface area contributed by atoms with Crippen molar-refractivity contribution in [3.05, 3.63) is 53.1 Å². The van der Waals surface area contributed by atoms with Crippen molar-refractivity contribution in [3.63, 3.8) is 0 Å². The Labute approximate surface area is 111 Å². The molecule has 0 heterocycles. The van der Waals surface area contributed by atoms with E-state index >= 15 is 0 Å². The lowest BCUT2D eigenvalue weighted by Crippen LogP contribution is -1.99. The summed E-state index contributed by atoms with van der Waals surface area (Å²) < 4.78 is 4.99. The molecular formula is C14H14ClNO2. The molecule has 2 N–H and O–H groups in total. The van der Waals surface area contributed by atoms with E-state index in [1.165, 1.54) is 7.11 Å². The number of halogens is 1. The van der Waals surface area contributed by atoms with Crippen LogP contribution in [0.4, 0.5) is 5.69 Å². The highest BCUT2D eigenvalue weighted by molar-refractivity contribution is 6.33. The molecule has 2 aromatic rings. The van der Waals surface area contributed by atoms with Crippen molar-refractivity contribution in [1.82, 2.24) is 0 Å².